The first kappa shape index (κ1) is 20.8. The molecule has 1 aromatic rings. The number of hydrogen-bond acceptors (Lipinski definition) is 4. The van der Waals surface area contributed by atoms with Crippen LogP contribution < -0.4 is 20.5 Å². The molecule has 0 aromatic heterocycles. The lowest BCUT2D eigenvalue weighted by Crippen LogP contribution is -2.34. The summed E-state index contributed by atoms with van der Waals surface area (Å²) in [7, 11) is 3.31. The molecule has 1 fully saturated rings. The zero-order valence-corrected chi connectivity index (χ0v) is 16.7. The molecule has 0 aliphatic heterocycles. The van der Waals surface area contributed by atoms with Crippen LogP contribution in [0.2, 0.25) is 0 Å². The molecule has 0 bridgehead atoms. The highest BCUT2D eigenvalue weighted by atomic mass is 127. The molecule has 0 spiro atoms. The van der Waals surface area contributed by atoms with E-state index in [-0.39, 0.29) is 24.0 Å². The summed E-state index contributed by atoms with van der Waals surface area (Å²) in [5.41, 5.74) is 6.82. The molecule has 0 heterocycles. The quantitative estimate of drug-likeness (QED) is 0.276. The van der Waals surface area contributed by atoms with Crippen LogP contribution >= 0.6 is 24.0 Å². The fourth-order valence-electron chi connectivity index (χ4n) is 2.61. The Balaban J connectivity index is 0.00000288. The lowest BCUT2D eigenvalue weighted by molar-refractivity contribution is 0.200. The maximum Gasteiger partial charge on any atom is 0.188 e. The van der Waals surface area contributed by atoms with Crippen molar-refractivity contribution in [3.05, 3.63) is 23.8 Å². The maximum absolute atomic E-state index is 6.03. The van der Waals surface area contributed by atoms with Crippen LogP contribution in [0.5, 0.6) is 11.5 Å². The van der Waals surface area contributed by atoms with Gasteiger partial charge in [0.2, 0.25) is 0 Å². The molecule has 7 heteroatoms. The largest absolute Gasteiger partial charge is 0.493 e. The predicted octanol–water partition coefficient (Wildman–Crippen LogP) is 2.69. The number of benzene rings is 1. The fourth-order valence-corrected chi connectivity index (χ4v) is 2.61. The molecular weight excluding hydrogens is 421 g/mol. The Morgan fingerprint density at radius 2 is 2.00 bits per heavy atom. The highest BCUT2D eigenvalue weighted by Gasteiger charge is 2.18. The Labute approximate surface area is 161 Å². The van der Waals surface area contributed by atoms with Crippen molar-refractivity contribution >= 4 is 29.9 Å². The van der Waals surface area contributed by atoms with Crippen molar-refractivity contribution in [2.45, 2.75) is 38.3 Å². The van der Waals surface area contributed by atoms with Gasteiger partial charge in [-0.1, -0.05) is 6.07 Å². The van der Waals surface area contributed by atoms with E-state index in [4.69, 9.17) is 19.9 Å². The third-order valence-electron chi connectivity index (χ3n) is 3.87. The molecule has 1 aromatic carbocycles. The van der Waals surface area contributed by atoms with Gasteiger partial charge in [-0.05, 0) is 43.4 Å². The molecule has 0 atom stereocenters. The summed E-state index contributed by atoms with van der Waals surface area (Å²) in [4.78, 5) is 4.31. The average molecular weight is 449 g/mol. The monoisotopic (exact) mass is 449 g/mol. The minimum atomic E-state index is 0. The minimum Gasteiger partial charge on any atom is -0.493 e. The Bertz CT molecular complexity index is 520. The van der Waals surface area contributed by atoms with Crippen molar-refractivity contribution in [2.75, 3.05) is 27.4 Å². The van der Waals surface area contributed by atoms with E-state index in [0.717, 1.165) is 29.9 Å². The second-order valence-corrected chi connectivity index (χ2v) is 5.63. The molecule has 1 aliphatic carbocycles. The van der Waals surface area contributed by atoms with Crippen LogP contribution in [-0.4, -0.2) is 39.4 Å². The van der Waals surface area contributed by atoms with E-state index >= 15 is 0 Å². The van der Waals surface area contributed by atoms with Crippen molar-refractivity contribution in [2.24, 2.45) is 10.7 Å². The molecule has 0 unspecified atom stereocenters. The zero-order valence-electron chi connectivity index (χ0n) is 14.4. The number of ether oxygens (including phenoxy) is 3. The lowest BCUT2D eigenvalue weighted by atomic mass is 10.2. The van der Waals surface area contributed by atoms with Crippen molar-refractivity contribution in [3.8, 4) is 11.5 Å². The van der Waals surface area contributed by atoms with E-state index < -0.39 is 0 Å². The second kappa shape index (κ2) is 11.4. The van der Waals surface area contributed by atoms with Gasteiger partial charge in [-0.25, -0.2) is 4.99 Å². The summed E-state index contributed by atoms with van der Waals surface area (Å²) in [6.45, 7) is 1.73. The highest BCUT2D eigenvalue weighted by molar-refractivity contribution is 14.0. The number of methoxy groups -OCH3 is 2. The second-order valence-electron chi connectivity index (χ2n) is 5.63. The van der Waals surface area contributed by atoms with Gasteiger partial charge in [0, 0.05) is 13.7 Å². The van der Waals surface area contributed by atoms with Gasteiger partial charge < -0.3 is 25.3 Å². The molecule has 2 rings (SSSR count). The van der Waals surface area contributed by atoms with Gasteiger partial charge >= 0.3 is 0 Å². The molecule has 136 valence electrons. The first-order valence-corrected chi connectivity index (χ1v) is 8.09. The molecular formula is C17H28IN3O3. The van der Waals surface area contributed by atoms with Crippen molar-refractivity contribution < 1.29 is 14.2 Å². The Kier molecular flexibility index (Phi) is 9.85. The number of nitrogens with two attached hydrogens (primary N) is 1. The zero-order chi connectivity index (χ0) is 16.5. The topological polar surface area (TPSA) is 78.1 Å². The lowest BCUT2D eigenvalue weighted by Gasteiger charge is -2.16. The molecule has 6 nitrogen and oxygen atoms in total. The van der Waals surface area contributed by atoms with E-state index in [2.05, 4.69) is 10.3 Å². The Morgan fingerprint density at radius 3 is 2.67 bits per heavy atom. The number of nitrogens with one attached hydrogen (secondary N) is 1. The van der Waals surface area contributed by atoms with Crippen molar-refractivity contribution in [1.29, 1.82) is 0 Å². The number of aliphatic imine (C=N–C) groups is 1. The van der Waals surface area contributed by atoms with E-state index in [0.29, 0.717) is 31.8 Å². The SMILES string of the molecule is COCCNC(N)=NCc1ccc(OC2CCCC2)c(OC)c1.I. The third-order valence-corrected chi connectivity index (χ3v) is 3.87. The summed E-state index contributed by atoms with van der Waals surface area (Å²) >= 11 is 0. The summed E-state index contributed by atoms with van der Waals surface area (Å²) in [5.74, 6) is 1.96. The van der Waals surface area contributed by atoms with Crippen molar-refractivity contribution in [1.82, 2.24) is 5.32 Å². The summed E-state index contributed by atoms with van der Waals surface area (Å²) in [6, 6.07) is 5.91. The maximum atomic E-state index is 6.03. The van der Waals surface area contributed by atoms with E-state index in [9.17, 15) is 0 Å². The molecule has 0 amide bonds. The number of hydrogen-bond donors (Lipinski definition) is 2. The van der Waals surface area contributed by atoms with Gasteiger partial charge in [0.1, 0.15) is 0 Å². The average Bonchev–Trinajstić information content (AvgIpc) is 3.07. The van der Waals surface area contributed by atoms with Crippen LogP contribution in [0.4, 0.5) is 0 Å². The minimum absolute atomic E-state index is 0. The molecule has 3 N–H and O–H groups in total. The van der Waals surface area contributed by atoms with Crippen LogP contribution in [0.15, 0.2) is 23.2 Å². The molecule has 1 aliphatic rings. The molecule has 0 saturated heterocycles. The van der Waals surface area contributed by atoms with E-state index in [1.54, 1.807) is 14.2 Å². The van der Waals surface area contributed by atoms with Gasteiger partial charge in [-0.3, -0.25) is 0 Å². The van der Waals surface area contributed by atoms with Crippen LogP contribution in [0, 0.1) is 0 Å². The van der Waals surface area contributed by atoms with Crippen molar-refractivity contribution in [3.63, 3.8) is 0 Å². The fraction of sp³-hybridized carbons (Fsp3) is 0.588. The molecule has 0 radical (unpaired) electrons. The third kappa shape index (κ3) is 6.72. The van der Waals surface area contributed by atoms with E-state index in [1.165, 1.54) is 12.8 Å². The van der Waals surface area contributed by atoms with Crippen LogP contribution in [0.1, 0.15) is 31.2 Å². The first-order chi connectivity index (χ1) is 11.2. The Morgan fingerprint density at radius 1 is 1.25 bits per heavy atom. The number of guanidine groups is 1. The summed E-state index contributed by atoms with van der Waals surface area (Å²) in [6.07, 6.45) is 5.05. The van der Waals surface area contributed by atoms with Crippen LogP contribution in [0.25, 0.3) is 0 Å². The Hall–Kier alpha value is -1.22. The highest BCUT2D eigenvalue weighted by Crippen LogP contribution is 2.32. The summed E-state index contributed by atoms with van der Waals surface area (Å²) in [5, 5.41) is 2.99. The smallest absolute Gasteiger partial charge is 0.188 e. The van der Waals surface area contributed by atoms with Gasteiger partial charge in [0.25, 0.3) is 0 Å². The predicted molar refractivity (Wildman–Crippen MR) is 106 cm³/mol. The molecule has 24 heavy (non-hydrogen) atoms. The molecule has 1 saturated carbocycles. The van der Waals surface area contributed by atoms with Gasteiger partial charge in [-0.2, -0.15) is 0 Å². The van der Waals surface area contributed by atoms with Gasteiger partial charge in [-0.15, -0.1) is 24.0 Å². The van der Waals surface area contributed by atoms with Crippen LogP contribution in [0.3, 0.4) is 0 Å². The van der Waals surface area contributed by atoms with Gasteiger partial charge in [0.05, 0.1) is 26.4 Å². The number of halogens is 1. The normalized spacial score (nSPS) is 15.0. The number of nitrogens with zero attached hydrogens (tertiary/aromatic N) is 1. The van der Waals surface area contributed by atoms with E-state index in [1.807, 2.05) is 18.2 Å². The van der Waals surface area contributed by atoms with Gasteiger partial charge in [0.15, 0.2) is 17.5 Å². The number of rotatable bonds is 8. The summed E-state index contributed by atoms with van der Waals surface area (Å²) < 4.78 is 16.4. The van der Waals surface area contributed by atoms with Crippen LogP contribution in [-0.2, 0) is 11.3 Å². The first-order valence-electron chi connectivity index (χ1n) is 8.09. The standard InChI is InChI=1S/C17H27N3O3.HI/c1-21-10-9-19-17(18)20-12-13-7-8-15(16(11-13)22-2)23-14-5-3-4-6-14;/h7-8,11,14H,3-6,9-10,12H2,1-2H3,(H3,18,19,20);1H.